The third-order valence-electron chi connectivity index (χ3n) is 4.52. The molecule has 5 aromatic rings. The van der Waals surface area contributed by atoms with Crippen molar-refractivity contribution in [2.75, 3.05) is 0 Å². The third kappa shape index (κ3) is 2.63. The lowest BCUT2D eigenvalue weighted by Crippen LogP contribution is -1.85. The summed E-state index contributed by atoms with van der Waals surface area (Å²) in [4.78, 5) is 4.57. The van der Waals surface area contributed by atoms with E-state index in [4.69, 9.17) is 11.6 Å². The Hall–Kier alpha value is -3.17. The number of aromatic nitrogens is 3. The predicted octanol–water partition coefficient (Wildman–Crippen LogP) is 5.87. The van der Waals surface area contributed by atoms with E-state index >= 15 is 0 Å². The van der Waals surface area contributed by atoms with Gasteiger partial charge in [-0.05, 0) is 52.2 Å². The molecule has 0 spiro atoms. The highest BCUT2D eigenvalue weighted by atomic mass is 35.5. The lowest BCUT2D eigenvalue weighted by Gasteiger charge is -2.05. The van der Waals surface area contributed by atoms with Gasteiger partial charge in [0.1, 0.15) is 0 Å². The van der Waals surface area contributed by atoms with E-state index in [0.29, 0.717) is 0 Å². The maximum atomic E-state index is 6.07. The maximum absolute atomic E-state index is 6.07. The molecule has 2 aromatic heterocycles. The summed E-state index contributed by atoms with van der Waals surface area (Å²) in [5, 5.41) is 7.61. The number of halogens is 1. The highest BCUT2D eigenvalue weighted by molar-refractivity contribution is 6.31. The number of hydrogen-bond donors (Lipinski definition) is 0. The Morgan fingerprint density at radius 2 is 1.42 bits per heavy atom. The normalized spacial score (nSPS) is 11.3. The average Bonchev–Trinajstić information content (AvgIpc) is 3.12. The lowest BCUT2D eigenvalue weighted by atomic mass is 10.0. The second kappa shape index (κ2) is 5.97. The summed E-state index contributed by atoms with van der Waals surface area (Å²) in [6, 6.07) is 26.6. The van der Waals surface area contributed by atoms with E-state index in [1.165, 1.54) is 10.9 Å². The lowest BCUT2D eigenvalue weighted by molar-refractivity contribution is 0.966. The van der Waals surface area contributed by atoms with Crippen molar-refractivity contribution in [1.29, 1.82) is 0 Å². The molecule has 3 nitrogen and oxygen atoms in total. The van der Waals surface area contributed by atoms with E-state index in [9.17, 15) is 0 Å². The fraction of sp³-hybridized carbons (Fsp3) is 0. The van der Waals surface area contributed by atoms with Crippen LogP contribution < -0.4 is 0 Å². The predicted molar refractivity (Wildman–Crippen MR) is 106 cm³/mol. The van der Waals surface area contributed by atoms with Crippen LogP contribution in [-0.4, -0.2) is 14.6 Å². The zero-order valence-electron chi connectivity index (χ0n) is 13.8. The first-order valence-corrected chi connectivity index (χ1v) is 8.76. The Morgan fingerprint density at radius 3 is 2.27 bits per heavy atom. The number of hydrogen-bond acceptors (Lipinski definition) is 2. The first-order chi connectivity index (χ1) is 12.8. The second-order valence-corrected chi connectivity index (χ2v) is 6.66. The molecule has 0 N–H and O–H groups in total. The molecule has 0 amide bonds. The van der Waals surface area contributed by atoms with Crippen LogP contribution in [0.3, 0.4) is 0 Å². The van der Waals surface area contributed by atoms with Crippen molar-refractivity contribution in [3.05, 3.63) is 90.1 Å². The summed E-state index contributed by atoms with van der Waals surface area (Å²) >= 11 is 6.07. The minimum Gasteiger partial charge on any atom is -0.221 e. The molecule has 0 aliphatic carbocycles. The smallest absolute Gasteiger partial charge is 0.182 e. The van der Waals surface area contributed by atoms with Crippen molar-refractivity contribution in [2.24, 2.45) is 0 Å². The molecule has 0 radical (unpaired) electrons. The molecule has 0 atom stereocenters. The van der Waals surface area contributed by atoms with Crippen molar-refractivity contribution in [2.45, 2.75) is 0 Å². The molecule has 0 aliphatic heterocycles. The fourth-order valence-corrected chi connectivity index (χ4v) is 3.34. The van der Waals surface area contributed by atoms with Crippen molar-refractivity contribution in [3.63, 3.8) is 0 Å². The van der Waals surface area contributed by atoms with Crippen molar-refractivity contribution in [1.82, 2.24) is 14.6 Å². The van der Waals surface area contributed by atoms with Gasteiger partial charge < -0.3 is 0 Å². The molecule has 5 rings (SSSR count). The number of benzene rings is 3. The Morgan fingerprint density at radius 1 is 0.692 bits per heavy atom. The third-order valence-corrected chi connectivity index (χ3v) is 4.76. The highest BCUT2D eigenvalue weighted by Crippen LogP contribution is 2.28. The Labute approximate surface area is 155 Å². The van der Waals surface area contributed by atoms with Gasteiger partial charge in [0, 0.05) is 16.8 Å². The summed E-state index contributed by atoms with van der Waals surface area (Å²) in [5.41, 5.74) is 4.19. The van der Waals surface area contributed by atoms with Crippen molar-refractivity contribution in [3.8, 4) is 22.5 Å². The van der Waals surface area contributed by atoms with Crippen LogP contribution in [0, 0.1) is 0 Å². The van der Waals surface area contributed by atoms with Crippen LogP contribution in [0.4, 0.5) is 0 Å². The molecule has 0 aliphatic rings. The van der Waals surface area contributed by atoms with Crippen LogP contribution in [0.15, 0.2) is 85.1 Å². The van der Waals surface area contributed by atoms with Crippen LogP contribution >= 0.6 is 11.6 Å². The molecule has 0 bridgehead atoms. The van der Waals surface area contributed by atoms with Gasteiger partial charge >= 0.3 is 0 Å². The van der Waals surface area contributed by atoms with Gasteiger partial charge in [-0.15, -0.1) is 5.10 Å². The van der Waals surface area contributed by atoms with E-state index in [1.54, 1.807) is 4.52 Å². The SMILES string of the molecule is Clc1ccc2cc(-c3ccc(-c4nc5ccccn5n4)cc3)ccc2c1. The Balaban J connectivity index is 1.52. The van der Waals surface area contributed by atoms with Gasteiger partial charge in [0.05, 0.1) is 0 Å². The highest BCUT2D eigenvalue weighted by Gasteiger charge is 2.07. The molecule has 0 saturated carbocycles. The molecule has 0 fully saturated rings. The number of rotatable bonds is 2. The molecule has 0 unspecified atom stereocenters. The largest absolute Gasteiger partial charge is 0.221 e. The zero-order valence-corrected chi connectivity index (χ0v) is 14.6. The second-order valence-electron chi connectivity index (χ2n) is 6.22. The molecular weight excluding hydrogens is 342 g/mol. The van der Waals surface area contributed by atoms with Gasteiger partial charge in [0.25, 0.3) is 0 Å². The van der Waals surface area contributed by atoms with Crippen LogP contribution in [0.2, 0.25) is 5.02 Å². The summed E-state index contributed by atoms with van der Waals surface area (Å²) in [6.45, 7) is 0. The van der Waals surface area contributed by atoms with Gasteiger partial charge in [0.2, 0.25) is 0 Å². The van der Waals surface area contributed by atoms with Crippen molar-refractivity contribution >= 4 is 28.0 Å². The average molecular weight is 356 g/mol. The Bertz CT molecular complexity index is 1210. The summed E-state index contributed by atoms with van der Waals surface area (Å²) in [5.74, 6) is 0.732. The molecule has 0 saturated heterocycles. The molecule has 3 aromatic carbocycles. The van der Waals surface area contributed by atoms with Gasteiger partial charge in [-0.25, -0.2) is 9.50 Å². The van der Waals surface area contributed by atoms with Crippen LogP contribution in [0.25, 0.3) is 38.9 Å². The quantitative estimate of drug-likeness (QED) is 0.396. The molecule has 124 valence electrons. The first-order valence-electron chi connectivity index (χ1n) is 8.38. The number of nitrogens with zero attached hydrogens (tertiary/aromatic N) is 3. The minimum atomic E-state index is 0.732. The van der Waals surface area contributed by atoms with E-state index in [2.05, 4.69) is 58.6 Å². The summed E-state index contributed by atoms with van der Waals surface area (Å²) in [7, 11) is 0. The molecule has 2 heterocycles. The first kappa shape index (κ1) is 15.1. The summed E-state index contributed by atoms with van der Waals surface area (Å²) < 4.78 is 1.79. The van der Waals surface area contributed by atoms with Gasteiger partial charge in [0.15, 0.2) is 11.5 Å². The van der Waals surface area contributed by atoms with Crippen molar-refractivity contribution < 1.29 is 0 Å². The minimum absolute atomic E-state index is 0.732. The monoisotopic (exact) mass is 355 g/mol. The topological polar surface area (TPSA) is 30.2 Å². The van der Waals surface area contributed by atoms with Gasteiger partial charge in [-0.1, -0.05) is 60.1 Å². The number of pyridine rings is 1. The standard InChI is InChI=1S/C22H14ClN3/c23-20-11-10-18-13-17(8-9-19(18)14-20)15-4-6-16(7-5-15)22-24-21-3-1-2-12-26(21)25-22/h1-14H. The van der Waals surface area contributed by atoms with Gasteiger partial charge in [-0.3, -0.25) is 0 Å². The van der Waals surface area contributed by atoms with Crippen LogP contribution in [0.5, 0.6) is 0 Å². The van der Waals surface area contributed by atoms with E-state index in [-0.39, 0.29) is 0 Å². The molecular formula is C22H14ClN3. The Kier molecular flexibility index (Phi) is 3.47. The molecule has 26 heavy (non-hydrogen) atoms. The van der Waals surface area contributed by atoms with E-state index in [1.807, 2.05) is 36.5 Å². The zero-order chi connectivity index (χ0) is 17.5. The van der Waals surface area contributed by atoms with E-state index in [0.717, 1.165) is 33.0 Å². The number of fused-ring (bicyclic) bond motifs is 2. The fourth-order valence-electron chi connectivity index (χ4n) is 3.16. The van der Waals surface area contributed by atoms with Gasteiger partial charge in [-0.2, -0.15) is 0 Å². The van der Waals surface area contributed by atoms with Crippen LogP contribution in [0.1, 0.15) is 0 Å². The molecule has 4 heteroatoms. The maximum Gasteiger partial charge on any atom is 0.182 e. The van der Waals surface area contributed by atoms with Crippen LogP contribution in [-0.2, 0) is 0 Å². The summed E-state index contributed by atoms with van der Waals surface area (Å²) in [6.07, 6.45) is 1.90. The van der Waals surface area contributed by atoms with E-state index < -0.39 is 0 Å².